The summed E-state index contributed by atoms with van der Waals surface area (Å²) in [4.78, 5) is 49.0. The van der Waals surface area contributed by atoms with Gasteiger partial charge in [-0.1, -0.05) is 11.8 Å². The molecule has 1 aromatic heterocycles. The monoisotopic (exact) mass is 336 g/mol. The van der Waals surface area contributed by atoms with Gasteiger partial charge in [0.05, 0.1) is 11.9 Å². The number of ketones is 1. The van der Waals surface area contributed by atoms with Crippen molar-refractivity contribution in [1.82, 2.24) is 20.4 Å². The molecule has 2 N–H and O–H groups in total. The number of nitrogens with zero attached hydrogens (tertiary/aromatic N) is 2. The maximum atomic E-state index is 12.3. The molecule has 8 nitrogen and oxygen atoms in total. The maximum absolute atomic E-state index is 12.3. The Labute approximate surface area is 136 Å². The van der Waals surface area contributed by atoms with Crippen molar-refractivity contribution in [1.29, 1.82) is 0 Å². The van der Waals surface area contributed by atoms with E-state index in [1.165, 1.54) is 12.1 Å². The summed E-state index contributed by atoms with van der Waals surface area (Å²) in [6.45, 7) is 0.590. The third kappa shape index (κ3) is 3.35. The van der Waals surface area contributed by atoms with Gasteiger partial charge in [-0.25, -0.2) is 5.10 Å². The molecule has 2 aliphatic rings. The van der Waals surface area contributed by atoms with Crippen LogP contribution in [0.2, 0.25) is 0 Å². The first-order chi connectivity index (χ1) is 11.1. The number of rotatable bonds is 3. The lowest BCUT2D eigenvalue weighted by Gasteiger charge is -2.38. The first-order valence-electron chi connectivity index (χ1n) is 7.38. The maximum Gasteiger partial charge on any atom is 0.272 e. The molecule has 2 aliphatic heterocycles. The predicted molar refractivity (Wildman–Crippen MR) is 82.9 cm³/mol. The Kier molecular flexibility index (Phi) is 4.58. The van der Waals surface area contributed by atoms with Gasteiger partial charge in [0.15, 0.2) is 5.78 Å². The van der Waals surface area contributed by atoms with Gasteiger partial charge in [-0.05, 0) is 25.3 Å². The van der Waals surface area contributed by atoms with Crippen LogP contribution in [0.5, 0.6) is 0 Å². The topological polar surface area (TPSA) is 112 Å². The Hall–Kier alpha value is -2.00. The molecular formula is C14H16N4O4S. The summed E-state index contributed by atoms with van der Waals surface area (Å²) >= 11 is 1.03. The smallest absolute Gasteiger partial charge is 0.272 e. The van der Waals surface area contributed by atoms with E-state index in [9.17, 15) is 19.2 Å². The van der Waals surface area contributed by atoms with E-state index in [2.05, 4.69) is 15.5 Å². The number of hydrogen-bond acceptors (Lipinski definition) is 7. The third-order valence-corrected chi connectivity index (χ3v) is 4.91. The predicted octanol–water partition coefficient (Wildman–Crippen LogP) is -0.477. The molecule has 0 radical (unpaired) electrons. The minimum absolute atomic E-state index is 0.0913. The van der Waals surface area contributed by atoms with Crippen LogP contribution >= 0.6 is 11.8 Å². The number of piperidine rings is 1. The summed E-state index contributed by atoms with van der Waals surface area (Å²) in [5.41, 5.74) is -0.298. The number of carbonyl (C=O) groups excluding carboxylic acids is 3. The van der Waals surface area contributed by atoms with Crippen LogP contribution in [0.15, 0.2) is 16.9 Å². The van der Waals surface area contributed by atoms with Crippen molar-refractivity contribution in [2.45, 2.75) is 31.5 Å². The lowest BCUT2D eigenvalue weighted by atomic mass is 10.0. The molecule has 0 saturated carbocycles. The molecule has 0 aromatic carbocycles. The van der Waals surface area contributed by atoms with Crippen LogP contribution in [0.4, 0.5) is 0 Å². The van der Waals surface area contributed by atoms with Crippen LogP contribution in [-0.2, 0) is 9.59 Å². The van der Waals surface area contributed by atoms with Crippen molar-refractivity contribution in [2.24, 2.45) is 0 Å². The van der Waals surface area contributed by atoms with Crippen LogP contribution in [0.1, 0.15) is 29.8 Å². The Balaban J connectivity index is 1.75. The van der Waals surface area contributed by atoms with E-state index >= 15 is 0 Å². The molecule has 3 heterocycles. The van der Waals surface area contributed by atoms with Crippen molar-refractivity contribution in [3.8, 4) is 0 Å². The molecule has 2 atom stereocenters. The highest BCUT2D eigenvalue weighted by Gasteiger charge is 2.42. The van der Waals surface area contributed by atoms with E-state index < -0.39 is 11.9 Å². The number of nitrogens with one attached hydrogen (secondary N) is 2. The number of Topliss-reactive ketones (excluding diaryl/α,β-unsaturated/α-hetero) is 1. The zero-order valence-corrected chi connectivity index (χ0v) is 13.1. The Morgan fingerprint density at radius 2 is 2.13 bits per heavy atom. The van der Waals surface area contributed by atoms with E-state index in [4.69, 9.17) is 0 Å². The van der Waals surface area contributed by atoms with Crippen molar-refractivity contribution in [3.63, 3.8) is 0 Å². The fraction of sp³-hybridized carbons (Fsp3) is 0.500. The minimum Gasteiger partial charge on any atom is -0.335 e. The SMILES string of the molecule is O=C(NC1CCCCN1C1C(=O)CSC1=O)c1ccc(=O)[nH]n1. The van der Waals surface area contributed by atoms with Crippen LogP contribution < -0.4 is 10.9 Å². The van der Waals surface area contributed by atoms with Crippen molar-refractivity contribution in [3.05, 3.63) is 28.2 Å². The van der Waals surface area contributed by atoms with Gasteiger partial charge in [0.1, 0.15) is 11.7 Å². The zero-order chi connectivity index (χ0) is 16.4. The number of hydrogen-bond donors (Lipinski definition) is 2. The number of likely N-dealkylation sites (tertiary alicyclic amines) is 1. The van der Waals surface area contributed by atoms with Gasteiger partial charge in [-0.2, -0.15) is 5.10 Å². The molecular weight excluding hydrogens is 320 g/mol. The van der Waals surface area contributed by atoms with Gasteiger partial charge < -0.3 is 5.32 Å². The molecule has 3 rings (SSSR count). The quantitative estimate of drug-likeness (QED) is 0.717. The van der Waals surface area contributed by atoms with Crippen molar-refractivity contribution < 1.29 is 14.4 Å². The average molecular weight is 336 g/mol. The molecule has 0 spiro atoms. The van der Waals surface area contributed by atoms with E-state index in [-0.39, 0.29) is 34.1 Å². The van der Waals surface area contributed by atoms with Gasteiger partial charge in [-0.3, -0.25) is 24.1 Å². The zero-order valence-electron chi connectivity index (χ0n) is 12.3. The number of amides is 1. The Morgan fingerprint density at radius 1 is 1.30 bits per heavy atom. The molecule has 0 aliphatic carbocycles. The molecule has 0 bridgehead atoms. The second-order valence-electron chi connectivity index (χ2n) is 5.51. The van der Waals surface area contributed by atoms with E-state index in [0.717, 1.165) is 24.6 Å². The summed E-state index contributed by atoms with van der Waals surface area (Å²) < 4.78 is 0. The van der Waals surface area contributed by atoms with Crippen molar-refractivity contribution >= 4 is 28.6 Å². The summed E-state index contributed by atoms with van der Waals surface area (Å²) in [5.74, 6) is -0.352. The van der Waals surface area contributed by atoms with Gasteiger partial charge in [0.2, 0.25) is 5.12 Å². The first kappa shape index (κ1) is 15.9. The lowest BCUT2D eigenvalue weighted by Crippen LogP contribution is -2.57. The molecule has 2 unspecified atom stereocenters. The molecule has 2 saturated heterocycles. The standard InChI is InChI=1S/C14H16N4O4S/c19-9-7-23-14(22)12(9)18-6-2-1-3-10(18)15-13(21)8-4-5-11(20)17-16-8/h4-5,10,12H,1-3,6-7H2,(H,15,21)(H,17,20). The molecule has 23 heavy (non-hydrogen) atoms. The molecule has 9 heteroatoms. The number of aromatic nitrogens is 2. The highest BCUT2D eigenvalue weighted by molar-refractivity contribution is 8.15. The second kappa shape index (κ2) is 6.63. The highest BCUT2D eigenvalue weighted by Crippen LogP contribution is 2.27. The normalized spacial score (nSPS) is 25.6. The van der Waals surface area contributed by atoms with E-state index in [1.54, 1.807) is 4.90 Å². The van der Waals surface area contributed by atoms with E-state index in [1.807, 2.05) is 0 Å². The fourth-order valence-corrected chi connectivity index (χ4v) is 3.73. The van der Waals surface area contributed by atoms with E-state index in [0.29, 0.717) is 13.0 Å². The summed E-state index contributed by atoms with van der Waals surface area (Å²) in [5, 5.41) is 8.55. The summed E-state index contributed by atoms with van der Waals surface area (Å²) in [6, 6.07) is 1.79. The van der Waals surface area contributed by atoms with Gasteiger partial charge in [-0.15, -0.1) is 0 Å². The number of thioether (sulfide) groups is 1. The lowest BCUT2D eigenvalue weighted by molar-refractivity contribution is -0.129. The van der Waals surface area contributed by atoms with Crippen molar-refractivity contribution in [2.75, 3.05) is 12.3 Å². The van der Waals surface area contributed by atoms with Gasteiger partial charge in [0.25, 0.3) is 11.5 Å². The average Bonchev–Trinajstić information content (AvgIpc) is 2.87. The van der Waals surface area contributed by atoms with Crippen LogP contribution in [0.25, 0.3) is 0 Å². The third-order valence-electron chi connectivity index (χ3n) is 3.97. The van der Waals surface area contributed by atoms with Gasteiger partial charge in [0, 0.05) is 12.6 Å². The van der Waals surface area contributed by atoms with Gasteiger partial charge >= 0.3 is 0 Å². The summed E-state index contributed by atoms with van der Waals surface area (Å²) in [7, 11) is 0. The van der Waals surface area contributed by atoms with Crippen LogP contribution in [-0.4, -0.2) is 56.4 Å². The Bertz CT molecular complexity index is 668. The first-order valence-corrected chi connectivity index (χ1v) is 8.36. The Morgan fingerprint density at radius 3 is 2.78 bits per heavy atom. The minimum atomic E-state index is -0.769. The molecule has 122 valence electrons. The molecule has 1 aromatic rings. The second-order valence-corrected chi connectivity index (χ2v) is 6.49. The summed E-state index contributed by atoms with van der Waals surface area (Å²) in [6.07, 6.45) is 2.06. The van der Waals surface area contributed by atoms with Crippen LogP contribution in [0.3, 0.4) is 0 Å². The largest absolute Gasteiger partial charge is 0.335 e. The molecule has 1 amide bonds. The fourth-order valence-electron chi connectivity index (χ4n) is 2.87. The van der Waals surface area contributed by atoms with Crippen LogP contribution in [0, 0.1) is 0 Å². The number of H-pyrrole nitrogens is 1. The highest BCUT2D eigenvalue weighted by atomic mass is 32.2. The number of carbonyl (C=O) groups is 3. The molecule has 2 fully saturated rings. The number of aromatic amines is 1.